The summed E-state index contributed by atoms with van der Waals surface area (Å²) in [5, 5.41) is 0. The number of fused-ring (bicyclic) bond motifs is 1. The normalized spacial score (nSPS) is 42.9. The molecule has 0 N–H and O–H groups in total. The van der Waals surface area contributed by atoms with Crippen molar-refractivity contribution in [3.63, 3.8) is 0 Å². The molecule has 0 radical (unpaired) electrons. The van der Waals surface area contributed by atoms with Gasteiger partial charge in [0.2, 0.25) is 0 Å². The van der Waals surface area contributed by atoms with Gasteiger partial charge in [-0.1, -0.05) is 19.3 Å². The van der Waals surface area contributed by atoms with Crippen molar-refractivity contribution in [2.45, 2.75) is 63.8 Å². The Morgan fingerprint density at radius 2 is 1.44 bits per heavy atom. The summed E-state index contributed by atoms with van der Waals surface area (Å²) >= 11 is 0. The SMILES string of the molecule is C[N+]1(C2CCC3CCCCC3C2)CCCC1. The highest BCUT2D eigenvalue weighted by Gasteiger charge is 2.42. The molecule has 1 heterocycles. The van der Waals surface area contributed by atoms with Crippen LogP contribution in [0.25, 0.3) is 0 Å². The summed E-state index contributed by atoms with van der Waals surface area (Å²) in [5.41, 5.74) is 0. The molecule has 0 bridgehead atoms. The quantitative estimate of drug-likeness (QED) is 0.595. The van der Waals surface area contributed by atoms with Gasteiger partial charge in [-0.2, -0.15) is 0 Å². The van der Waals surface area contributed by atoms with E-state index in [4.69, 9.17) is 0 Å². The molecule has 0 spiro atoms. The minimum Gasteiger partial charge on any atom is -0.324 e. The molecule has 2 aliphatic carbocycles. The lowest BCUT2D eigenvalue weighted by molar-refractivity contribution is -0.924. The van der Waals surface area contributed by atoms with E-state index in [9.17, 15) is 0 Å². The van der Waals surface area contributed by atoms with Crippen LogP contribution in [0.5, 0.6) is 0 Å². The first kappa shape index (κ1) is 11.1. The average molecular weight is 222 g/mol. The lowest BCUT2D eigenvalue weighted by Crippen LogP contribution is -2.53. The van der Waals surface area contributed by atoms with Crippen LogP contribution >= 0.6 is 0 Å². The third-order valence-corrected chi connectivity index (χ3v) is 5.98. The molecule has 0 aromatic carbocycles. The van der Waals surface area contributed by atoms with Crippen LogP contribution in [-0.2, 0) is 0 Å². The Kier molecular flexibility index (Phi) is 2.99. The molecular weight excluding hydrogens is 194 g/mol. The molecule has 1 aliphatic heterocycles. The standard InChI is InChI=1S/C15H28N/c1-16(10-4-5-11-16)15-9-8-13-6-2-3-7-14(13)12-15/h13-15H,2-12H2,1H3/q+1. The summed E-state index contributed by atoms with van der Waals surface area (Å²) in [6, 6.07) is 1.03. The van der Waals surface area contributed by atoms with Gasteiger partial charge in [0.25, 0.3) is 0 Å². The second-order valence-electron chi connectivity index (χ2n) is 6.91. The minimum absolute atomic E-state index is 1.03. The Morgan fingerprint density at radius 1 is 0.750 bits per heavy atom. The molecule has 92 valence electrons. The van der Waals surface area contributed by atoms with Gasteiger partial charge in [0.1, 0.15) is 0 Å². The van der Waals surface area contributed by atoms with Crippen LogP contribution in [0.15, 0.2) is 0 Å². The van der Waals surface area contributed by atoms with Crippen LogP contribution in [0.1, 0.15) is 57.8 Å². The zero-order valence-corrected chi connectivity index (χ0v) is 11.0. The van der Waals surface area contributed by atoms with Crippen molar-refractivity contribution < 1.29 is 4.48 Å². The van der Waals surface area contributed by atoms with Gasteiger partial charge in [0.15, 0.2) is 0 Å². The fraction of sp³-hybridized carbons (Fsp3) is 1.00. The second kappa shape index (κ2) is 4.33. The van der Waals surface area contributed by atoms with Crippen molar-refractivity contribution >= 4 is 0 Å². The van der Waals surface area contributed by atoms with Gasteiger partial charge in [-0.15, -0.1) is 0 Å². The molecular formula is C15H28N+. The Hall–Kier alpha value is -0.0400. The van der Waals surface area contributed by atoms with Crippen LogP contribution in [0.3, 0.4) is 0 Å². The number of rotatable bonds is 1. The Labute approximate surface area is 101 Å². The van der Waals surface area contributed by atoms with Crippen LogP contribution < -0.4 is 0 Å². The minimum atomic E-state index is 1.03. The summed E-state index contributed by atoms with van der Waals surface area (Å²) in [6.45, 7) is 2.95. The first-order valence-electron chi connectivity index (χ1n) is 7.62. The summed E-state index contributed by atoms with van der Waals surface area (Å²) in [7, 11) is 2.54. The van der Waals surface area contributed by atoms with Crippen LogP contribution in [0.2, 0.25) is 0 Å². The highest BCUT2D eigenvalue weighted by molar-refractivity contribution is 4.84. The maximum absolute atomic E-state index is 2.54. The van der Waals surface area contributed by atoms with Gasteiger partial charge in [0.05, 0.1) is 26.2 Å². The third-order valence-electron chi connectivity index (χ3n) is 5.98. The van der Waals surface area contributed by atoms with Crippen LogP contribution in [0.4, 0.5) is 0 Å². The van der Waals surface area contributed by atoms with E-state index in [0.717, 1.165) is 17.9 Å². The number of hydrogen-bond donors (Lipinski definition) is 0. The first-order chi connectivity index (χ1) is 7.78. The van der Waals surface area contributed by atoms with Crippen LogP contribution in [0, 0.1) is 11.8 Å². The molecule has 0 aromatic heterocycles. The van der Waals surface area contributed by atoms with Crippen molar-refractivity contribution in [2.75, 3.05) is 20.1 Å². The van der Waals surface area contributed by atoms with Gasteiger partial charge in [0, 0.05) is 19.3 Å². The van der Waals surface area contributed by atoms with Crippen LogP contribution in [-0.4, -0.2) is 30.7 Å². The van der Waals surface area contributed by atoms with E-state index in [1.165, 1.54) is 49.7 Å². The molecule has 1 heteroatoms. The number of nitrogens with zero attached hydrogens (tertiary/aromatic N) is 1. The van der Waals surface area contributed by atoms with E-state index < -0.39 is 0 Å². The molecule has 1 saturated heterocycles. The summed E-state index contributed by atoms with van der Waals surface area (Å²) in [5.74, 6) is 2.24. The molecule has 1 nitrogen and oxygen atoms in total. The van der Waals surface area contributed by atoms with Crippen molar-refractivity contribution in [1.82, 2.24) is 0 Å². The molecule has 2 saturated carbocycles. The molecule has 3 atom stereocenters. The van der Waals surface area contributed by atoms with Gasteiger partial charge < -0.3 is 4.48 Å². The molecule has 3 rings (SSSR count). The highest BCUT2D eigenvalue weighted by atomic mass is 15.4. The van der Waals surface area contributed by atoms with Crippen molar-refractivity contribution in [3.8, 4) is 0 Å². The molecule has 0 amide bonds. The summed E-state index contributed by atoms with van der Waals surface area (Å²) in [6.07, 6.45) is 13.8. The zero-order valence-electron chi connectivity index (χ0n) is 11.0. The number of hydrogen-bond acceptors (Lipinski definition) is 0. The average Bonchev–Trinajstić information content (AvgIpc) is 2.77. The monoisotopic (exact) mass is 222 g/mol. The second-order valence-corrected chi connectivity index (χ2v) is 6.91. The predicted molar refractivity (Wildman–Crippen MR) is 68.2 cm³/mol. The zero-order chi connectivity index (χ0) is 11.0. The van der Waals surface area contributed by atoms with E-state index in [0.29, 0.717) is 0 Å². The van der Waals surface area contributed by atoms with E-state index in [2.05, 4.69) is 7.05 Å². The highest BCUT2D eigenvalue weighted by Crippen LogP contribution is 2.43. The molecule has 3 fully saturated rings. The third kappa shape index (κ3) is 1.92. The first-order valence-corrected chi connectivity index (χ1v) is 7.62. The molecule has 16 heavy (non-hydrogen) atoms. The number of quaternary nitrogens is 1. The lowest BCUT2D eigenvalue weighted by atomic mass is 9.69. The molecule has 3 unspecified atom stereocenters. The van der Waals surface area contributed by atoms with Gasteiger partial charge >= 0.3 is 0 Å². The smallest absolute Gasteiger partial charge is 0.0891 e. The van der Waals surface area contributed by atoms with Crippen molar-refractivity contribution in [3.05, 3.63) is 0 Å². The topological polar surface area (TPSA) is 0 Å². The predicted octanol–water partition coefficient (Wildman–Crippen LogP) is 3.59. The van der Waals surface area contributed by atoms with E-state index in [1.807, 2.05) is 0 Å². The van der Waals surface area contributed by atoms with Gasteiger partial charge in [-0.3, -0.25) is 0 Å². The molecule has 3 aliphatic rings. The van der Waals surface area contributed by atoms with Gasteiger partial charge in [-0.05, 0) is 31.1 Å². The van der Waals surface area contributed by atoms with E-state index >= 15 is 0 Å². The van der Waals surface area contributed by atoms with Gasteiger partial charge in [-0.25, -0.2) is 0 Å². The summed E-state index contributed by atoms with van der Waals surface area (Å²) < 4.78 is 1.43. The van der Waals surface area contributed by atoms with E-state index in [1.54, 1.807) is 25.7 Å². The Bertz CT molecular complexity index is 242. The Balaban J connectivity index is 1.65. The fourth-order valence-corrected chi connectivity index (χ4v) is 4.84. The fourth-order valence-electron chi connectivity index (χ4n) is 4.84. The van der Waals surface area contributed by atoms with Crippen molar-refractivity contribution in [2.24, 2.45) is 11.8 Å². The van der Waals surface area contributed by atoms with Crippen molar-refractivity contribution in [1.29, 1.82) is 0 Å². The van der Waals surface area contributed by atoms with E-state index in [-0.39, 0.29) is 0 Å². The lowest BCUT2D eigenvalue weighted by Gasteiger charge is -2.46. The Morgan fingerprint density at radius 3 is 2.19 bits per heavy atom. The number of likely N-dealkylation sites (tertiary alicyclic amines) is 1. The maximum Gasteiger partial charge on any atom is 0.0891 e. The largest absolute Gasteiger partial charge is 0.324 e. The summed E-state index contributed by atoms with van der Waals surface area (Å²) in [4.78, 5) is 0. The molecule has 0 aromatic rings. The maximum atomic E-state index is 2.54.